The quantitative estimate of drug-likeness (QED) is 0.662. The van der Waals surface area contributed by atoms with Gasteiger partial charge in [-0.15, -0.1) is 0 Å². The second-order valence-electron chi connectivity index (χ2n) is 6.00. The summed E-state index contributed by atoms with van der Waals surface area (Å²) in [6, 6.07) is 5.94. The number of unbranched alkanes of at least 4 members (excludes halogenated alkanes) is 2. The normalized spacial score (nSPS) is 11.2. The van der Waals surface area contributed by atoms with E-state index in [4.69, 9.17) is 10.00 Å². The summed E-state index contributed by atoms with van der Waals surface area (Å²) in [5, 5.41) is 8.92. The maximum Gasteiger partial charge on any atom is 0.168 e. The van der Waals surface area contributed by atoms with Crippen molar-refractivity contribution in [3.63, 3.8) is 0 Å². The molecule has 0 aliphatic rings. The summed E-state index contributed by atoms with van der Waals surface area (Å²) in [5.41, 5.74) is 1.19. The van der Waals surface area contributed by atoms with Crippen molar-refractivity contribution in [2.24, 2.45) is 5.41 Å². The number of nitrogens with zero attached hydrogens (tertiary/aromatic N) is 1. The van der Waals surface area contributed by atoms with E-state index in [0.29, 0.717) is 17.9 Å². The van der Waals surface area contributed by atoms with Gasteiger partial charge in [-0.3, -0.25) is 0 Å². The molecule has 0 spiro atoms. The SMILES string of the molecule is Cc1ccc(C)c(OCCCCCC(C)(C)C#N)c1F. The molecule has 20 heavy (non-hydrogen) atoms. The molecule has 1 aromatic rings. The van der Waals surface area contributed by atoms with Crippen LogP contribution in [0.1, 0.15) is 50.7 Å². The maximum atomic E-state index is 13.9. The first-order chi connectivity index (χ1) is 9.37. The molecule has 0 saturated carbocycles. The van der Waals surface area contributed by atoms with Crippen LogP contribution in [0.3, 0.4) is 0 Å². The molecular weight excluding hydrogens is 253 g/mol. The summed E-state index contributed by atoms with van der Waals surface area (Å²) >= 11 is 0. The van der Waals surface area contributed by atoms with Gasteiger partial charge in [0.2, 0.25) is 0 Å². The Morgan fingerprint density at radius 2 is 1.80 bits per heavy atom. The molecule has 0 heterocycles. The van der Waals surface area contributed by atoms with Gasteiger partial charge in [0.1, 0.15) is 0 Å². The van der Waals surface area contributed by atoms with Gasteiger partial charge in [0.05, 0.1) is 18.1 Å². The smallest absolute Gasteiger partial charge is 0.168 e. The molecule has 0 atom stereocenters. The molecule has 110 valence electrons. The monoisotopic (exact) mass is 277 g/mol. The van der Waals surface area contributed by atoms with E-state index < -0.39 is 0 Å². The summed E-state index contributed by atoms with van der Waals surface area (Å²) in [6.45, 7) is 8.02. The Labute approximate surface area is 121 Å². The van der Waals surface area contributed by atoms with Gasteiger partial charge in [0.25, 0.3) is 0 Å². The molecule has 1 rings (SSSR count). The van der Waals surface area contributed by atoms with Crippen LogP contribution in [0.2, 0.25) is 0 Å². The van der Waals surface area contributed by atoms with Crippen LogP contribution < -0.4 is 4.74 Å². The number of halogens is 1. The van der Waals surface area contributed by atoms with Crippen LogP contribution in [0.5, 0.6) is 5.75 Å². The van der Waals surface area contributed by atoms with Crippen molar-refractivity contribution in [3.8, 4) is 11.8 Å². The van der Waals surface area contributed by atoms with E-state index in [9.17, 15) is 4.39 Å². The fourth-order valence-electron chi connectivity index (χ4n) is 2.00. The standard InChI is InChI=1S/C17H24FNO/c1-13-8-9-14(2)16(15(13)18)20-11-7-5-6-10-17(3,4)12-19/h8-9H,5-7,10-11H2,1-4H3. The van der Waals surface area contributed by atoms with Crippen molar-refractivity contribution in [2.75, 3.05) is 6.61 Å². The minimum absolute atomic E-state index is 0.250. The van der Waals surface area contributed by atoms with Crippen molar-refractivity contribution in [2.45, 2.75) is 53.4 Å². The third-order valence-corrected chi connectivity index (χ3v) is 3.48. The Morgan fingerprint density at radius 3 is 2.45 bits per heavy atom. The predicted octanol–water partition coefficient (Wildman–Crippen LogP) is 4.93. The zero-order valence-corrected chi connectivity index (χ0v) is 12.9. The number of rotatable bonds is 7. The maximum absolute atomic E-state index is 13.9. The van der Waals surface area contributed by atoms with E-state index >= 15 is 0 Å². The second-order valence-corrected chi connectivity index (χ2v) is 6.00. The van der Waals surface area contributed by atoms with Gasteiger partial charge in [0, 0.05) is 0 Å². The topological polar surface area (TPSA) is 33.0 Å². The molecule has 0 N–H and O–H groups in total. The van der Waals surface area contributed by atoms with E-state index in [0.717, 1.165) is 31.2 Å². The average Bonchev–Trinajstić information content (AvgIpc) is 2.41. The van der Waals surface area contributed by atoms with E-state index in [1.54, 1.807) is 13.0 Å². The van der Waals surface area contributed by atoms with Crippen molar-refractivity contribution >= 4 is 0 Å². The van der Waals surface area contributed by atoms with Gasteiger partial charge in [-0.05, 0) is 51.7 Å². The van der Waals surface area contributed by atoms with Crippen molar-refractivity contribution < 1.29 is 9.13 Å². The van der Waals surface area contributed by atoms with Gasteiger partial charge in [-0.2, -0.15) is 5.26 Å². The van der Waals surface area contributed by atoms with Crippen LogP contribution in [-0.4, -0.2) is 6.61 Å². The molecule has 0 saturated heterocycles. The summed E-state index contributed by atoms with van der Waals surface area (Å²) in [7, 11) is 0. The summed E-state index contributed by atoms with van der Waals surface area (Å²) < 4.78 is 19.4. The van der Waals surface area contributed by atoms with E-state index in [-0.39, 0.29) is 11.2 Å². The van der Waals surface area contributed by atoms with Crippen molar-refractivity contribution in [3.05, 3.63) is 29.1 Å². The van der Waals surface area contributed by atoms with Gasteiger partial charge < -0.3 is 4.74 Å². The highest BCUT2D eigenvalue weighted by atomic mass is 19.1. The van der Waals surface area contributed by atoms with Gasteiger partial charge in [0.15, 0.2) is 11.6 Å². The number of nitriles is 1. The largest absolute Gasteiger partial charge is 0.490 e. The minimum Gasteiger partial charge on any atom is -0.490 e. The Kier molecular flexibility index (Phi) is 6.01. The fraction of sp³-hybridized carbons (Fsp3) is 0.588. The molecule has 0 fully saturated rings. The minimum atomic E-state index is -0.254. The highest BCUT2D eigenvalue weighted by Crippen LogP contribution is 2.25. The predicted molar refractivity (Wildman–Crippen MR) is 79.2 cm³/mol. The number of ether oxygens (including phenoxy) is 1. The molecule has 0 bridgehead atoms. The Bertz CT molecular complexity index is 488. The zero-order chi connectivity index (χ0) is 15.2. The van der Waals surface area contributed by atoms with E-state index in [1.165, 1.54) is 0 Å². The first kappa shape index (κ1) is 16.5. The van der Waals surface area contributed by atoms with Crippen molar-refractivity contribution in [1.82, 2.24) is 0 Å². The second kappa shape index (κ2) is 7.28. The van der Waals surface area contributed by atoms with Crippen molar-refractivity contribution in [1.29, 1.82) is 5.26 Å². The molecule has 0 amide bonds. The van der Waals surface area contributed by atoms with Gasteiger partial charge >= 0.3 is 0 Å². The Morgan fingerprint density at radius 1 is 1.15 bits per heavy atom. The Hall–Kier alpha value is -1.56. The van der Waals surface area contributed by atoms with Crippen LogP contribution in [0.15, 0.2) is 12.1 Å². The molecule has 2 nitrogen and oxygen atoms in total. The summed E-state index contributed by atoms with van der Waals surface area (Å²) in [5.74, 6) is 0.123. The molecule has 3 heteroatoms. The number of hydrogen-bond acceptors (Lipinski definition) is 2. The lowest BCUT2D eigenvalue weighted by Crippen LogP contribution is -2.07. The number of aryl methyl sites for hydroxylation is 2. The van der Waals surface area contributed by atoms with E-state index in [2.05, 4.69) is 6.07 Å². The molecular formula is C17H24FNO. The first-order valence-electron chi connectivity index (χ1n) is 7.17. The third kappa shape index (κ3) is 4.85. The van der Waals surface area contributed by atoms with Crippen LogP contribution in [0, 0.1) is 36.4 Å². The van der Waals surface area contributed by atoms with Crippen LogP contribution >= 0.6 is 0 Å². The van der Waals surface area contributed by atoms with Crippen LogP contribution in [-0.2, 0) is 0 Å². The van der Waals surface area contributed by atoms with Gasteiger partial charge in [-0.25, -0.2) is 4.39 Å². The number of hydrogen-bond donors (Lipinski definition) is 0. The molecule has 0 radical (unpaired) electrons. The molecule has 0 aliphatic heterocycles. The van der Waals surface area contributed by atoms with Gasteiger partial charge in [-0.1, -0.05) is 25.0 Å². The lowest BCUT2D eigenvalue weighted by atomic mass is 9.89. The highest BCUT2D eigenvalue weighted by Gasteiger charge is 2.15. The number of benzene rings is 1. The molecule has 0 aromatic heterocycles. The summed E-state index contributed by atoms with van der Waals surface area (Å²) in [6.07, 6.45) is 3.77. The van der Waals surface area contributed by atoms with E-state index in [1.807, 2.05) is 26.8 Å². The van der Waals surface area contributed by atoms with Crippen LogP contribution in [0.4, 0.5) is 4.39 Å². The lowest BCUT2D eigenvalue weighted by molar-refractivity contribution is 0.284. The first-order valence-corrected chi connectivity index (χ1v) is 7.17. The van der Waals surface area contributed by atoms with Crippen LogP contribution in [0.25, 0.3) is 0 Å². The highest BCUT2D eigenvalue weighted by molar-refractivity contribution is 5.37. The zero-order valence-electron chi connectivity index (χ0n) is 12.9. The summed E-state index contributed by atoms with van der Waals surface area (Å²) in [4.78, 5) is 0. The molecule has 1 aromatic carbocycles. The fourth-order valence-corrected chi connectivity index (χ4v) is 2.00. The molecule has 0 aliphatic carbocycles. The third-order valence-electron chi connectivity index (χ3n) is 3.48. The average molecular weight is 277 g/mol. The molecule has 0 unspecified atom stereocenters. The lowest BCUT2D eigenvalue weighted by Gasteiger charge is -2.15. The Balaban J connectivity index is 2.33.